The highest BCUT2D eigenvalue weighted by Crippen LogP contribution is 2.57. The SMILES string of the molecule is Cn1cnnc1CCC(N)C1C2CC3CC(C2)CC1C3. The van der Waals surface area contributed by atoms with Crippen LogP contribution in [0, 0.1) is 29.6 Å². The average molecular weight is 274 g/mol. The molecule has 5 rings (SSSR count). The Balaban J connectivity index is 1.41. The van der Waals surface area contributed by atoms with Crippen molar-refractivity contribution in [2.75, 3.05) is 0 Å². The van der Waals surface area contributed by atoms with Gasteiger partial charge >= 0.3 is 0 Å². The van der Waals surface area contributed by atoms with Crippen molar-refractivity contribution in [1.82, 2.24) is 14.8 Å². The fraction of sp³-hybridized carbons (Fsp3) is 0.875. The first-order chi connectivity index (χ1) is 9.70. The number of hydrogen-bond acceptors (Lipinski definition) is 3. The van der Waals surface area contributed by atoms with Gasteiger partial charge < -0.3 is 10.3 Å². The number of nitrogens with two attached hydrogens (primary N) is 1. The van der Waals surface area contributed by atoms with Gasteiger partial charge in [0.25, 0.3) is 0 Å². The normalized spacial score (nSPS) is 40.2. The summed E-state index contributed by atoms with van der Waals surface area (Å²) in [5.41, 5.74) is 6.61. The molecule has 4 fully saturated rings. The third kappa shape index (κ3) is 2.09. The molecule has 0 radical (unpaired) electrons. The van der Waals surface area contributed by atoms with Crippen LogP contribution in [0.5, 0.6) is 0 Å². The fourth-order valence-corrected chi connectivity index (χ4v) is 5.69. The minimum atomic E-state index is 0.363. The highest BCUT2D eigenvalue weighted by atomic mass is 15.2. The molecule has 1 heterocycles. The summed E-state index contributed by atoms with van der Waals surface area (Å²) in [5, 5.41) is 8.14. The Hall–Kier alpha value is -0.900. The van der Waals surface area contributed by atoms with Crippen molar-refractivity contribution in [1.29, 1.82) is 0 Å². The van der Waals surface area contributed by atoms with E-state index in [0.29, 0.717) is 6.04 Å². The van der Waals surface area contributed by atoms with Crippen LogP contribution >= 0.6 is 0 Å². The molecule has 1 aromatic heterocycles. The summed E-state index contributed by atoms with van der Waals surface area (Å²) in [6, 6.07) is 0.363. The molecule has 0 amide bonds. The van der Waals surface area contributed by atoms with Crippen LogP contribution in [0.15, 0.2) is 6.33 Å². The van der Waals surface area contributed by atoms with E-state index in [1.807, 2.05) is 11.6 Å². The molecular formula is C16H26N4. The van der Waals surface area contributed by atoms with E-state index in [-0.39, 0.29) is 0 Å². The molecule has 1 atom stereocenters. The maximum Gasteiger partial charge on any atom is 0.132 e. The van der Waals surface area contributed by atoms with Gasteiger partial charge in [0.15, 0.2) is 0 Å². The van der Waals surface area contributed by atoms with Crippen molar-refractivity contribution in [3.05, 3.63) is 12.2 Å². The summed E-state index contributed by atoms with van der Waals surface area (Å²) >= 11 is 0. The lowest BCUT2D eigenvalue weighted by Crippen LogP contribution is -2.51. The van der Waals surface area contributed by atoms with Gasteiger partial charge in [-0.2, -0.15) is 0 Å². The highest BCUT2D eigenvalue weighted by molar-refractivity contribution is 5.01. The first-order valence-electron chi connectivity index (χ1n) is 8.29. The molecule has 0 aromatic carbocycles. The molecule has 4 aliphatic rings. The Morgan fingerprint density at radius 2 is 1.85 bits per heavy atom. The molecule has 1 unspecified atom stereocenters. The standard InChI is InChI=1S/C16H26N4/c1-20-9-18-19-15(20)3-2-14(17)16-12-5-10-4-11(7-12)8-13(16)6-10/h9-14,16H,2-8,17H2,1H3. The highest BCUT2D eigenvalue weighted by Gasteiger charge is 2.49. The summed E-state index contributed by atoms with van der Waals surface area (Å²) in [5.74, 6) is 5.81. The van der Waals surface area contributed by atoms with Crippen LogP contribution < -0.4 is 5.73 Å². The molecule has 4 nitrogen and oxygen atoms in total. The summed E-state index contributed by atoms with van der Waals surface area (Å²) in [4.78, 5) is 0. The van der Waals surface area contributed by atoms with Gasteiger partial charge in [-0.1, -0.05) is 0 Å². The van der Waals surface area contributed by atoms with Crippen LogP contribution in [0.25, 0.3) is 0 Å². The van der Waals surface area contributed by atoms with Crippen molar-refractivity contribution in [3.63, 3.8) is 0 Å². The second-order valence-electron chi connectivity index (χ2n) is 7.57. The molecule has 20 heavy (non-hydrogen) atoms. The number of rotatable bonds is 4. The second kappa shape index (κ2) is 4.83. The molecule has 4 bridgehead atoms. The van der Waals surface area contributed by atoms with Crippen LogP contribution in [0.4, 0.5) is 0 Å². The van der Waals surface area contributed by atoms with E-state index in [1.165, 1.54) is 32.1 Å². The molecular weight excluding hydrogens is 248 g/mol. The van der Waals surface area contributed by atoms with E-state index in [1.54, 1.807) is 6.33 Å². The Morgan fingerprint density at radius 3 is 2.40 bits per heavy atom. The molecule has 0 spiro atoms. The maximum atomic E-state index is 6.61. The van der Waals surface area contributed by atoms with Crippen molar-refractivity contribution in [2.45, 2.75) is 51.0 Å². The van der Waals surface area contributed by atoms with Crippen LogP contribution in [-0.4, -0.2) is 20.8 Å². The van der Waals surface area contributed by atoms with E-state index in [9.17, 15) is 0 Å². The third-order valence-electron chi connectivity index (χ3n) is 6.30. The molecule has 1 aromatic rings. The minimum absolute atomic E-state index is 0.363. The zero-order valence-corrected chi connectivity index (χ0v) is 12.4. The molecule has 0 aliphatic heterocycles. The van der Waals surface area contributed by atoms with Gasteiger partial charge in [0.1, 0.15) is 12.2 Å². The van der Waals surface area contributed by atoms with Gasteiger partial charge in [-0.05, 0) is 68.1 Å². The lowest BCUT2D eigenvalue weighted by atomic mass is 9.50. The lowest BCUT2D eigenvalue weighted by molar-refractivity contribution is -0.0475. The van der Waals surface area contributed by atoms with Crippen LogP contribution in [0.2, 0.25) is 0 Å². The smallest absolute Gasteiger partial charge is 0.132 e. The molecule has 110 valence electrons. The van der Waals surface area contributed by atoms with Gasteiger partial charge in [-0.3, -0.25) is 0 Å². The van der Waals surface area contributed by atoms with Gasteiger partial charge in [0, 0.05) is 19.5 Å². The van der Waals surface area contributed by atoms with E-state index in [0.717, 1.165) is 48.3 Å². The molecule has 4 aliphatic carbocycles. The van der Waals surface area contributed by atoms with E-state index in [2.05, 4.69) is 10.2 Å². The molecule has 0 saturated heterocycles. The van der Waals surface area contributed by atoms with E-state index in [4.69, 9.17) is 5.73 Å². The monoisotopic (exact) mass is 274 g/mol. The van der Waals surface area contributed by atoms with E-state index < -0.39 is 0 Å². The number of hydrogen-bond donors (Lipinski definition) is 1. The van der Waals surface area contributed by atoms with Gasteiger partial charge in [-0.25, -0.2) is 0 Å². The topological polar surface area (TPSA) is 56.7 Å². The van der Waals surface area contributed by atoms with Crippen molar-refractivity contribution < 1.29 is 0 Å². The largest absolute Gasteiger partial charge is 0.327 e. The zero-order valence-electron chi connectivity index (χ0n) is 12.4. The predicted octanol–water partition coefficient (Wildman–Crippen LogP) is 2.15. The Labute approximate surface area is 121 Å². The van der Waals surface area contributed by atoms with Crippen LogP contribution in [0.3, 0.4) is 0 Å². The van der Waals surface area contributed by atoms with Crippen molar-refractivity contribution in [2.24, 2.45) is 42.4 Å². The first kappa shape index (κ1) is 12.8. The summed E-state index contributed by atoms with van der Waals surface area (Å²) in [7, 11) is 2.02. The Morgan fingerprint density at radius 1 is 1.20 bits per heavy atom. The average Bonchev–Trinajstić information content (AvgIpc) is 2.80. The van der Waals surface area contributed by atoms with Gasteiger partial charge in [0.2, 0.25) is 0 Å². The van der Waals surface area contributed by atoms with Gasteiger partial charge in [-0.15, -0.1) is 10.2 Å². The minimum Gasteiger partial charge on any atom is -0.327 e. The Bertz CT molecular complexity index is 453. The quantitative estimate of drug-likeness (QED) is 0.915. The second-order valence-corrected chi connectivity index (χ2v) is 7.57. The number of aromatic nitrogens is 3. The number of aryl methyl sites for hydroxylation is 2. The van der Waals surface area contributed by atoms with Crippen LogP contribution in [-0.2, 0) is 13.5 Å². The zero-order chi connectivity index (χ0) is 13.7. The Kier molecular flexibility index (Phi) is 3.09. The third-order valence-corrected chi connectivity index (χ3v) is 6.30. The summed E-state index contributed by atoms with van der Waals surface area (Å²) < 4.78 is 2.02. The predicted molar refractivity (Wildman–Crippen MR) is 77.8 cm³/mol. The van der Waals surface area contributed by atoms with Crippen molar-refractivity contribution in [3.8, 4) is 0 Å². The summed E-state index contributed by atoms with van der Waals surface area (Å²) in [6.07, 6.45) is 11.2. The maximum absolute atomic E-state index is 6.61. The van der Waals surface area contributed by atoms with Crippen LogP contribution in [0.1, 0.15) is 44.3 Å². The van der Waals surface area contributed by atoms with E-state index >= 15 is 0 Å². The van der Waals surface area contributed by atoms with Gasteiger partial charge in [0.05, 0.1) is 0 Å². The number of nitrogens with zero attached hydrogens (tertiary/aromatic N) is 3. The first-order valence-corrected chi connectivity index (χ1v) is 8.29. The summed E-state index contributed by atoms with van der Waals surface area (Å²) in [6.45, 7) is 0. The molecule has 2 N–H and O–H groups in total. The molecule has 4 heteroatoms. The molecule has 4 saturated carbocycles. The fourth-order valence-electron chi connectivity index (χ4n) is 5.69. The van der Waals surface area contributed by atoms with Crippen molar-refractivity contribution >= 4 is 0 Å². The lowest BCUT2D eigenvalue weighted by Gasteiger charge is -2.56.